The Morgan fingerprint density at radius 3 is 2.65 bits per heavy atom. The van der Waals surface area contributed by atoms with Gasteiger partial charge in [-0.15, -0.1) is 12.4 Å². The first-order valence-electron chi connectivity index (χ1n) is 7.53. The van der Waals surface area contributed by atoms with E-state index < -0.39 is 6.04 Å². The number of piperidine rings is 1. The third kappa shape index (κ3) is 4.59. The molecule has 0 aliphatic carbocycles. The lowest BCUT2D eigenvalue weighted by molar-refractivity contribution is -0.130. The topological polar surface area (TPSA) is 75.4 Å². The van der Waals surface area contributed by atoms with E-state index in [2.05, 4.69) is 5.32 Å². The number of nitrogens with one attached hydrogen (secondary N) is 1. The minimum Gasteiger partial charge on any atom is -0.344 e. The summed E-state index contributed by atoms with van der Waals surface area (Å²) in [5.74, 6) is -0.637. The van der Waals surface area contributed by atoms with Crippen molar-refractivity contribution in [2.75, 3.05) is 11.4 Å². The molecule has 3 atom stereocenters. The van der Waals surface area contributed by atoms with Crippen LogP contribution in [0.25, 0.3) is 0 Å². The van der Waals surface area contributed by atoms with E-state index in [9.17, 15) is 9.59 Å². The average molecular weight is 360 g/mol. The Morgan fingerprint density at radius 2 is 2.04 bits per heavy atom. The number of hydrogen-bond acceptors (Lipinski definition) is 3. The fourth-order valence-corrected chi connectivity index (χ4v) is 2.70. The molecule has 128 valence electrons. The molecule has 1 saturated heterocycles. The van der Waals surface area contributed by atoms with Gasteiger partial charge in [0, 0.05) is 18.5 Å². The van der Waals surface area contributed by atoms with Crippen molar-refractivity contribution in [3.8, 4) is 0 Å². The summed E-state index contributed by atoms with van der Waals surface area (Å²) in [7, 11) is 0. The molecular formula is C16H23Cl2N3O2. The summed E-state index contributed by atoms with van der Waals surface area (Å²) < 4.78 is 0. The second-order valence-corrected chi connectivity index (χ2v) is 6.20. The lowest BCUT2D eigenvalue weighted by Crippen LogP contribution is -2.54. The van der Waals surface area contributed by atoms with Gasteiger partial charge in [-0.3, -0.25) is 9.59 Å². The number of benzene rings is 1. The fourth-order valence-electron chi connectivity index (χ4n) is 2.46. The van der Waals surface area contributed by atoms with Gasteiger partial charge < -0.3 is 16.0 Å². The van der Waals surface area contributed by atoms with Crippen LogP contribution in [0, 0.1) is 5.92 Å². The first-order chi connectivity index (χ1) is 10.4. The SMILES string of the molecule is CC(N)C(C)C(=O)NC1CCCN(c2ccccc2Cl)C1=O.Cl. The number of rotatable bonds is 4. The van der Waals surface area contributed by atoms with E-state index in [0.717, 1.165) is 6.42 Å². The highest BCUT2D eigenvalue weighted by Crippen LogP contribution is 2.28. The molecule has 0 saturated carbocycles. The van der Waals surface area contributed by atoms with E-state index in [0.29, 0.717) is 23.7 Å². The molecule has 1 fully saturated rings. The lowest BCUT2D eigenvalue weighted by atomic mass is 10.00. The molecule has 0 spiro atoms. The molecule has 0 radical (unpaired) electrons. The summed E-state index contributed by atoms with van der Waals surface area (Å²) in [4.78, 5) is 26.4. The van der Waals surface area contributed by atoms with Gasteiger partial charge in [0.2, 0.25) is 11.8 Å². The molecule has 1 aliphatic rings. The van der Waals surface area contributed by atoms with Gasteiger partial charge in [-0.1, -0.05) is 30.7 Å². The minimum absolute atomic E-state index is 0. The van der Waals surface area contributed by atoms with Crippen LogP contribution in [0.2, 0.25) is 5.02 Å². The highest BCUT2D eigenvalue weighted by molar-refractivity contribution is 6.33. The third-order valence-electron chi connectivity index (χ3n) is 4.10. The second-order valence-electron chi connectivity index (χ2n) is 5.79. The number of nitrogens with zero attached hydrogens (tertiary/aromatic N) is 1. The molecule has 3 N–H and O–H groups in total. The van der Waals surface area contributed by atoms with Gasteiger partial charge in [-0.25, -0.2) is 0 Å². The zero-order chi connectivity index (χ0) is 16.3. The Balaban J connectivity index is 0.00000264. The number of para-hydroxylation sites is 1. The lowest BCUT2D eigenvalue weighted by Gasteiger charge is -2.33. The quantitative estimate of drug-likeness (QED) is 0.866. The van der Waals surface area contributed by atoms with Crippen molar-refractivity contribution in [3.63, 3.8) is 0 Å². The molecule has 1 aliphatic heterocycles. The normalized spacial score (nSPS) is 20.4. The smallest absolute Gasteiger partial charge is 0.249 e. The molecule has 2 rings (SSSR count). The van der Waals surface area contributed by atoms with Crippen LogP contribution in [0.15, 0.2) is 24.3 Å². The van der Waals surface area contributed by atoms with Crippen LogP contribution in [-0.4, -0.2) is 30.4 Å². The molecule has 1 aromatic rings. The Bertz CT molecular complexity index is 566. The number of amides is 2. The summed E-state index contributed by atoms with van der Waals surface area (Å²) in [6.45, 7) is 4.15. The molecular weight excluding hydrogens is 337 g/mol. The summed E-state index contributed by atoms with van der Waals surface area (Å²) in [6.07, 6.45) is 1.45. The van der Waals surface area contributed by atoms with Gasteiger partial charge in [0.15, 0.2) is 0 Å². The van der Waals surface area contributed by atoms with Gasteiger partial charge in [-0.2, -0.15) is 0 Å². The Kier molecular flexibility index (Phi) is 7.32. The van der Waals surface area contributed by atoms with E-state index in [1.807, 2.05) is 18.2 Å². The first kappa shape index (κ1) is 19.7. The van der Waals surface area contributed by atoms with E-state index >= 15 is 0 Å². The van der Waals surface area contributed by atoms with Gasteiger partial charge in [0.25, 0.3) is 0 Å². The van der Waals surface area contributed by atoms with E-state index in [4.69, 9.17) is 17.3 Å². The summed E-state index contributed by atoms with van der Waals surface area (Å²) >= 11 is 6.17. The van der Waals surface area contributed by atoms with Crippen molar-refractivity contribution in [2.24, 2.45) is 11.7 Å². The van der Waals surface area contributed by atoms with Crippen LogP contribution in [0.4, 0.5) is 5.69 Å². The van der Waals surface area contributed by atoms with E-state index in [-0.39, 0.29) is 36.2 Å². The maximum Gasteiger partial charge on any atom is 0.249 e. The molecule has 0 bridgehead atoms. The van der Waals surface area contributed by atoms with Crippen LogP contribution < -0.4 is 16.0 Å². The van der Waals surface area contributed by atoms with Crippen molar-refractivity contribution in [3.05, 3.63) is 29.3 Å². The summed E-state index contributed by atoms with van der Waals surface area (Å²) in [5, 5.41) is 3.35. The molecule has 7 heteroatoms. The maximum absolute atomic E-state index is 12.6. The number of halogens is 2. The standard InChI is InChI=1S/C16H22ClN3O2.ClH/c1-10(11(2)18)15(21)19-13-7-5-9-20(16(13)22)14-8-4-3-6-12(14)17;/h3-4,6,8,10-11,13H,5,7,9,18H2,1-2H3,(H,19,21);1H. The van der Waals surface area contributed by atoms with Crippen LogP contribution >= 0.6 is 24.0 Å². The van der Waals surface area contributed by atoms with Crippen molar-refractivity contribution in [2.45, 2.75) is 38.8 Å². The molecule has 0 aromatic heterocycles. The zero-order valence-electron chi connectivity index (χ0n) is 13.3. The van der Waals surface area contributed by atoms with Crippen molar-refractivity contribution in [1.82, 2.24) is 5.32 Å². The van der Waals surface area contributed by atoms with Crippen molar-refractivity contribution in [1.29, 1.82) is 0 Å². The van der Waals surface area contributed by atoms with E-state index in [1.54, 1.807) is 24.8 Å². The number of nitrogens with two attached hydrogens (primary N) is 1. The molecule has 1 heterocycles. The predicted octanol–water partition coefficient (Wildman–Crippen LogP) is 2.36. The second kappa shape index (κ2) is 8.52. The number of carbonyl (C=O) groups is 2. The van der Waals surface area contributed by atoms with Gasteiger partial charge in [0.1, 0.15) is 6.04 Å². The van der Waals surface area contributed by atoms with Crippen molar-refractivity contribution >= 4 is 41.5 Å². The highest BCUT2D eigenvalue weighted by Gasteiger charge is 2.32. The zero-order valence-corrected chi connectivity index (χ0v) is 14.9. The third-order valence-corrected chi connectivity index (χ3v) is 4.42. The number of hydrogen-bond donors (Lipinski definition) is 2. The molecule has 3 unspecified atom stereocenters. The van der Waals surface area contributed by atoms with Crippen LogP contribution in [-0.2, 0) is 9.59 Å². The maximum atomic E-state index is 12.6. The fraction of sp³-hybridized carbons (Fsp3) is 0.500. The molecule has 2 amide bonds. The predicted molar refractivity (Wildman–Crippen MR) is 95.0 cm³/mol. The van der Waals surface area contributed by atoms with Crippen LogP contribution in [0.1, 0.15) is 26.7 Å². The average Bonchev–Trinajstić information content (AvgIpc) is 2.49. The molecule has 23 heavy (non-hydrogen) atoms. The van der Waals surface area contributed by atoms with Crippen LogP contribution in [0.5, 0.6) is 0 Å². The molecule has 5 nitrogen and oxygen atoms in total. The molecule has 1 aromatic carbocycles. The number of anilines is 1. The van der Waals surface area contributed by atoms with Crippen LogP contribution in [0.3, 0.4) is 0 Å². The van der Waals surface area contributed by atoms with E-state index in [1.165, 1.54) is 0 Å². The Labute approximate surface area is 148 Å². The number of carbonyl (C=O) groups excluding carboxylic acids is 2. The van der Waals surface area contributed by atoms with Gasteiger partial charge >= 0.3 is 0 Å². The summed E-state index contributed by atoms with van der Waals surface area (Å²) in [6, 6.07) is 6.47. The van der Waals surface area contributed by atoms with Crippen molar-refractivity contribution < 1.29 is 9.59 Å². The first-order valence-corrected chi connectivity index (χ1v) is 7.91. The minimum atomic E-state index is -0.515. The van der Waals surface area contributed by atoms with Gasteiger partial charge in [-0.05, 0) is 31.9 Å². The Hall–Kier alpha value is -1.30. The highest BCUT2D eigenvalue weighted by atomic mass is 35.5. The Morgan fingerprint density at radius 1 is 1.39 bits per heavy atom. The monoisotopic (exact) mass is 359 g/mol. The van der Waals surface area contributed by atoms with Gasteiger partial charge in [0.05, 0.1) is 10.7 Å². The largest absolute Gasteiger partial charge is 0.344 e. The summed E-state index contributed by atoms with van der Waals surface area (Å²) in [5.41, 5.74) is 6.43.